The molecule has 1 unspecified atom stereocenters. The molecule has 6 aromatic carbocycles. The molecule has 0 spiro atoms. The summed E-state index contributed by atoms with van der Waals surface area (Å²) >= 11 is 0. The number of allylic oxidation sites excluding steroid dienone is 2. The standard InChI is InChI=1S/C48H40N2/c1-47(2)40-17-9-8-15-36(40)37-27-25-35(30-43(37)47)49(33-23-21-32(22-24-33)31-13-6-5-7-14-31)34-26-28-44-39(29-34)38-16-12-19-42-46(38)50(44)45-20-11-10-18-41(45)48(42,3)4/h5-23,25-30,33H,24H2,1-4H3. The smallest absolute Gasteiger partial charge is 0.0582 e. The molecule has 2 nitrogen and oxygen atoms in total. The number of para-hydroxylation sites is 2. The van der Waals surface area contributed by atoms with Gasteiger partial charge in [-0.1, -0.05) is 143 Å². The lowest BCUT2D eigenvalue weighted by Gasteiger charge is -2.35. The molecular weight excluding hydrogens is 605 g/mol. The Balaban J connectivity index is 1.17. The van der Waals surface area contributed by atoms with Crippen molar-refractivity contribution in [2.24, 2.45) is 0 Å². The van der Waals surface area contributed by atoms with Crippen LogP contribution >= 0.6 is 0 Å². The van der Waals surface area contributed by atoms with Crippen LogP contribution in [0, 0.1) is 0 Å². The zero-order valence-electron chi connectivity index (χ0n) is 29.1. The first-order valence-electron chi connectivity index (χ1n) is 18.0. The molecule has 0 saturated carbocycles. The van der Waals surface area contributed by atoms with E-state index in [4.69, 9.17) is 0 Å². The third kappa shape index (κ3) is 4.02. The van der Waals surface area contributed by atoms with Crippen LogP contribution in [-0.2, 0) is 10.8 Å². The van der Waals surface area contributed by atoms with Crippen molar-refractivity contribution < 1.29 is 0 Å². The Morgan fingerprint density at radius 1 is 0.580 bits per heavy atom. The van der Waals surface area contributed by atoms with Crippen LogP contribution in [-0.4, -0.2) is 10.6 Å². The van der Waals surface area contributed by atoms with E-state index in [1.165, 1.54) is 83.4 Å². The quantitative estimate of drug-likeness (QED) is 0.185. The molecule has 0 bridgehead atoms. The number of aromatic nitrogens is 1. The molecule has 0 amide bonds. The summed E-state index contributed by atoms with van der Waals surface area (Å²) in [5.74, 6) is 0. The van der Waals surface area contributed by atoms with E-state index in [0.29, 0.717) is 0 Å². The molecule has 50 heavy (non-hydrogen) atoms. The number of hydrogen-bond acceptors (Lipinski definition) is 1. The average molecular weight is 645 g/mol. The fourth-order valence-electron chi connectivity index (χ4n) is 9.32. The van der Waals surface area contributed by atoms with Crippen LogP contribution in [0.15, 0.2) is 152 Å². The monoisotopic (exact) mass is 644 g/mol. The van der Waals surface area contributed by atoms with Gasteiger partial charge in [-0.05, 0) is 87.3 Å². The van der Waals surface area contributed by atoms with E-state index in [1.807, 2.05) is 0 Å². The molecule has 7 aromatic rings. The van der Waals surface area contributed by atoms with Gasteiger partial charge in [-0.15, -0.1) is 0 Å². The lowest BCUT2D eigenvalue weighted by Crippen LogP contribution is -2.30. The Bertz CT molecular complexity index is 2580. The average Bonchev–Trinajstić information content (AvgIpc) is 3.60. The first-order valence-corrected chi connectivity index (χ1v) is 18.0. The van der Waals surface area contributed by atoms with Crippen molar-refractivity contribution >= 4 is 38.8 Å². The molecule has 0 radical (unpaired) electrons. The molecule has 10 rings (SSSR count). The summed E-state index contributed by atoms with van der Waals surface area (Å²) in [6.45, 7) is 9.49. The molecule has 0 N–H and O–H groups in total. The third-order valence-corrected chi connectivity index (χ3v) is 11.9. The van der Waals surface area contributed by atoms with Crippen molar-refractivity contribution in [3.63, 3.8) is 0 Å². The van der Waals surface area contributed by atoms with Crippen molar-refractivity contribution in [1.29, 1.82) is 0 Å². The Hall–Kier alpha value is -5.60. The Labute approximate surface area is 294 Å². The van der Waals surface area contributed by atoms with Gasteiger partial charge in [-0.2, -0.15) is 0 Å². The van der Waals surface area contributed by atoms with Crippen LogP contribution in [0.1, 0.15) is 61.9 Å². The van der Waals surface area contributed by atoms with Crippen LogP contribution < -0.4 is 4.90 Å². The molecule has 2 heterocycles. The molecular formula is C48H40N2. The second-order valence-corrected chi connectivity index (χ2v) is 15.3. The molecule has 2 aliphatic carbocycles. The van der Waals surface area contributed by atoms with Crippen LogP contribution in [0.25, 0.3) is 44.2 Å². The minimum absolute atomic E-state index is 0.0698. The topological polar surface area (TPSA) is 8.17 Å². The molecule has 242 valence electrons. The van der Waals surface area contributed by atoms with Gasteiger partial charge in [0.25, 0.3) is 0 Å². The summed E-state index contributed by atoms with van der Waals surface area (Å²) in [5, 5.41) is 2.61. The minimum atomic E-state index is -0.0835. The van der Waals surface area contributed by atoms with Crippen LogP contribution in [0.2, 0.25) is 0 Å². The normalized spacial score (nSPS) is 17.7. The Kier molecular flexibility index (Phi) is 6.13. The summed E-state index contributed by atoms with van der Waals surface area (Å²) in [5.41, 5.74) is 17.0. The van der Waals surface area contributed by atoms with Crippen LogP contribution in [0.5, 0.6) is 0 Å². The van der Waals surface area contributed by atoms with E-state index < -0.39 is 0 Å². The fourth-order valence-corrected chi connectivity index (χ4v) is 9.32. The molecule has 1 atom stereocenters. The van der Waals surface area contributed by atoms with Crippen LogP contribution in [0.3, 0.4) is 0 Å². The van der Waals surface area contributed by atoms with Crippen molar-refractivity contribution in [3.05, 3.63) is 180 Å². The minimum Gasteiger partial charge on any atom is -0.334 e. The van der Waals surface area contributed by atoms with E-state index in [-0.39, 0.29) is 16.9 Å². The molecule has 0 saturated heterocycles. The molecule has 0 fully saturated rings. The number of hydrogen-bond donors (Lipinski definition) is 0. The van der Waals surface area contributed by atoms with Crippen LogP contribution in [0.4, 0.5) is 11.4 Å². The highest BCUT2D eigenvalue weighted by Crippen LogP contribution is 2.51. The van der Waals surface area contributed by atoms with Gasteiger partial charge in [-0.3, -0.25) is 0 Å². The van der Waals surface area contributed by atoms with Gasteiger partial charge < -0.3 is 9.47 Å². The Morgan fingerprint density at radius 2 is 1.26 bits per heavy atom. The van der Waals surface area contributed by atoms with Crippen molar-refractivity contribution in [2.45, 2.75) is 51.0 Å². The highest BCUT2D eigenvalue weighted by atomic mass is 15.2. The lowest BCUT2D eigenvalue weighted by molar-refractivity contribution is 0.630. The predicted molar refractivity (Wildman–Crippen MR) is 211 cm³/mol. The summed E-state index contributed by atoms with van der Waals surface area (Å²) in [4.78, 5) is 2.58. The van der Waals surface area contributed by atoms with Gasteiger partial charge in [0, 0.05) is 33.0 Å². The maximum absolute atomic E-state index is 2.58. The van der Waals surface area contributed by atoms with Gasteiger partial charge in [-0.25, -0.2) is 0 Å². The highest BCUT2D eigenvalue weighted by Gasteiger charge is 2.37. The second kappa shape index (κ2) is 10.5. The molecule has 2 heteroatoms. The summed E-state index contributed by atoms with van der Waals surface area (Å²) in [6.07, 6.45) is 8.07. The Morgan fingerprint density at radius 3 is 2.08 bits per heavy atom. The maximum Gasteiger partial charge on any atom is 0.0582 e. The number of fused-ring (bicyclic) bond motifs is 8. The van der Waals surface area contributed by atoms with Gasteiger partial charge in [0.15, 0.2) is 0 Å². The third-order valence-electron chi connectivity index (χ3n) is 11.9. The number of anilines is 2. The number of rotatable bonds is 4. The van der Waals surface area contributed by atoms with E-state index >= 15 is 0 Å². The van der Waals surface area contributed by atoms with Crippen molar-refractivity contribution in [2.75, 3.05) is 4.90 Å². The molecule has 1 aromatic heterocycles. The number of benzene rings is 6. The zero-order chi connectivity index (χ0) is 33.8. The van der Waals surface area contributed by atoms with Gasteiger partial charge in [0.05, 0.1) is 22.8 Å². The summed E-state index contributed by atoms with van der Waals surface area (Å²) in [6, 6.07) is 50.1. The SMILES string of the molecule is CC1(C)c2ccccc2-c2ccc(N(c3ccc4c(c3)c3cccc5c3n4-c3ccccc3C5(C)C)C3C=CC(c4ccccc4)=CC3)cc21. The van der Waals surface area contributed by atoms with Crippen molar-refractivity contribution in [3.8, 4) is 16.8 Å². The van der Waals surface area contributed by atoms with Gasteiger partial charge in [0.2, 0.25) is 0 Å². The van der Waals surface area contributed by atoms with Gasteiger partial charge >= 0.3 is 0 Å². The van der Waals surface area contributed by atoms with E-state index in [0.717, 1.165) is 6.42 Å². The predicted octanol–water partition coefficient (Wildman–Crippen LogP) is 12.3. The maximum atomic E-state index is 2.58. The highest BCUT2D eigenvalue weighted by molar-refractivity contribution is 6.12. The largest absolute Gasteiger partial charge is 0.334 e. The second-order valence-electron chi connectivity index (χ2n) is 15.3. The molecule has 3 aliphatic rings. The van der Waals surface area contributed by atoms with E-state index in [1.54, 1.807) is 0 Å². The zero-order valence-corrected chi connectivity index (χ0v) is 29.1. The lowest BCUT2D eigenvalue weighted by atomic mass is 9.75. The van der Waals surface area contributed by atoms with E-state index in [9.17, 15) is 0 Å². The summed E-state index contributed by atoms with van der Waals surface area (Å²) < 4.78 is 2.51. The fraction of sp³-hybridized carbons (Fsp3) is 0.167. The summed E-state index contributed by atoms with van der Waals surface area (Å²) in [7, 11) is 0. The molecule has 1 aliphatic heterocycles. The van der Waals surface area contributed by atoms with Crippen molar-refractivity contribution in [1.82, 2.24) is 4.57 Å². The first-order chi connectivity index (χ1) is 24.3. The van der Waals surface area contributed by atoms with E-state index in [2.05, 4.69) is 189 Å². The van der Waals surface area contributed by atoms with Gasteiger partial charge in [0.1, 0.15) is 0 Å². The number of nitrogens with zero attached hydrogens (tertiary/aromatic N) is 2. The first kappa shape index (κ1) is 29.3.